The van der Waals surface area contributed by atoms with Crippen molar-refractivity contribution in [3.8, 4) is 0 Å². The molecule has 0 unspecified atom stereocenters. The highest BCUT2D eigenvalue weighted by Crippen LogP contribution is 2.27. The predicted octanol–water partition coefficient (Wildman–Crippen LogP) is -0.336. The van der Waals surface area contributed by atoms with Crippen molar-refractivity contribution in [2.75, 3.05) is 39.3 Å². The molecule has 3 saturated heterocycles. The zero-order valence-corrected chi connectivity index (χ0v) is 9.74. The van der Waals surface area contributed by atoms with E-state index in [4.69, 9.17) is 0 Å². The van der Waals surface area contributed by atoms with E-state index in [-0.39, 0.29) is 5.92 Å². The van der Waals surface area contributed by atoms with Gasteiger partial charge in [-0.25, -0.2) is 0 Å². The molecule has 0 saturated carbocycles. The average molecular weight is 223 g/mol. The van der Waals surface area contributed by atoms with Crippen LogP contribution in [0.1, 0.15) is 12.8 Å². The molecule has 3 rings (SSSR count). The zero-order chi connectivity index (χ0) is 11.0. The SMILES string of the molecule is O=C(C1CNC1)N1CC[C@@H]2CNC[C@@H]2CC1. The number of amides is 1. The van der Waals surface area contributed by atoms with Crippen LogP contribution < -0.4 is 10.6 Å². The minimum Gasteiger partial charge on any atom is -0.342 e. The summed E-state index contributed by atoms with van der Waals surface area (Å²) in [5, 5.41) is 6.65. The number of hydrogen-bond donors (Lipinski definition) is 2. The van der Waals surface area contributed by atoms with Gasteiger partial charge in [0.15, 0.2) is 0 Å². The molecule has 0 bridgehead atoms. The number of carbonyl (C=O) groups excluding carboxylic acids is 1. The van der Waals surface area contributed by atoms with Crippen molar-refractivity contribution in [3.63, 3.8) is 0 Å². The second-order valence-corrected chi connectivity index (χ2v) is 5.44. The Morgan fingerprint density at radius 1 is 0.938 bits per heavy atom. The van der Waals surface area contributed by atoms with Crippen LogP contribution in [-0.4, -0.2) is 50.1 Å². The molecule has 90 valence electrons. The second-order valence-electron chi connectivity index (χ2n) is 5.44. The van der Waals surface area contributed by atoms with Crippen LogP contribution in [0.2, 0.25) is 0 Å². The summed E-state index contributed by atoms with van der Waals surface area (Å²) in [6, 6.07) is 0. The van der Waals surface area contributed by atoms with Crippen molar-refractivity contribution in [2.45, 2.75) is 12.8 Å². The molecule has 3 aliphatic rings. The van der Waals surface area contributed by atoms with E-state index in [1.165, 1.54) is 12.8 Å². The van der Waals surface area contributed by atoms with E-state index in [9.17, 15) is 4.79 Å². The van der Waals surface area contributed by atoms with Gasteiger partial charge in [0.25, 0.3) is 0 Å². The largest absolute Gasteiger partial charge is 0.342 e. The first-order valence-corrected chi connectivity index (χ1v) is 6.55. The van der Waals surface area contributed by atoms with E-state index >= 15 is 0 Å². The summed E-state index contributed by atoms with van der Waals surface area (Å²) in [6.07, 6.45) is 2.40. The maximum Gasteiger partial charge on any atom is 0.228 e. The van der Waals surface area contributed by atoms with Crippen LogP contribution in [0.5, 0.6) is 0 Å². The molecule has 0 aromatic rings. The molecule has 2 atom stereocenters. The van der Waals surface area contributed by atoms with E-state index in [0.29, 0.717) is 5.91 Å². The fourth-order valence-electron chi connectivity index (χ4n) is 3.16. The van der Waals surface area contributed by atoms with Gasteiger partial charge < -0.3 is 15.5 Å². The molecular weight excluding hydrogens is 202 g/mol. The first kappa shape index (κ1) is 10.5. The quantitative estimate of drug-likeness (QED) is 0.639. The van der Waals surface area contributed by atoms with Gasteiger partial charge in [-0.15, -0.1) is 0 Å². The lowest BCUT2D eigenvalue weighted by molar-refractivity contribution is -0.137. The summed E-state index contributed by atoms with van der Waals surface area (Å²) in [6.45, 7) is 6.08. The molecule has 0 aliphatic carbocycles. The van der Waals surface area contributed by atoms with Crippen molar-refractivity contribution in [1.29, 1.82) is 0 Å². The number of carbonyl (C=O) groups is 1. The lowest BCUT2D eigenvalue weighted by Gasteiger charge is -2.32. The Balaban J connectivity index is 1.59. The summed E-state index contributed by atoms with van der Waals surface area (Å²) in [4.78, 5) is 14.2. The van der Waals surface area contributed by atoms with Crippen LogP contribution in [0, 0.1) is 17.8 Å². The fraction of sp³-hybridized carbons (Fsp3) is 0.917. The predicted molar refractivity (Wildman–Crippen MR) is 62.0 cm³/mol. The van der Waals surface area contributed by atoms with Gasteiger partial charge >= 0.3 is 0 Å². The first-order valence-electron chi connectivity index (χ1n) is 6.55. The van der Waals surface area contributed by atoms with Crippen molar-refractivity contribution >= 4 is 5.91 Å². The third-order valence-electron chi connectivity index (χ3n) is 4.46. The Kier molecular flexibility index (Phi) is 2.86. The molecule has 3 heterocycles. The molecule has 3 aliphatic heterocycles. The Labute approximate surface area is 96.8 Å². The Hall–Kier alpha value is -0.610. The molecule has 0 radical (unpaired) electrons. The number of likely N-dealkylation sites (tertiary alicyclic amines) is 1. The van der Waals surface area contributed by atoms with Gasteiger partial charge in [-0.2, -0.15) is 0 Å². The van der Waals surface area contributed by atoms with E-state index in [2.05, 4.69) is 15.5 Å². The number of rotatable bonds is 1. The number of fused-ring (bicyclic) bond motifs is 1. The summed E-state index contributed by atoms with van der Waals surface area (Å²) >= 11 is 0. The van der Waals surface area contributed by atoms with Gasteiger partial charge in [-0.1, -0.05) is 0 Å². The highest BCUT2D eigenvalue weighted by Gasteiger charge is 2.34. The maximum absolute atomic E-state index is 12.1. The number of hydrogen-bond acceptors (Lipinski definition) is 3. The first-order chi connectivity index (χ1) is 7.84. The van der Waals surface area contributed by atoms with Gasteiger partial charge in [0.05, 0.1) is 5.92 Å². The van der Waals surface area contributed by atoms with E-state index in [1.807, 2.05) is 0 Å². The molecule has 2 N–H and O–H groups in total. The maximum atomic E-state index is 12.1. The van der Waals surface area contributed by atoms with E-state index in [0.717, 1.165) is 51.1 Å². The second kappa shape index (κ2) is 4.34. The Morgan fingerprint density at radius 2 is 1.50 bits per heavy atom. The Morgan fingerprint density at radius 3 is 2.00 bits per heavy atom. The van der Waals surface area contributed by atoms with Crippen molar-refractivity contribution in [2.24, 2.45) is 17.8 Å². The molecule has 4 nitrogen and oxygen atoms in total. The van der Waals surface area contributed by atoms with Crippen LogP contribution in [0.3, 0.4) is 0 Å². The van der Waals surface area contributed by atoms with Crippen LogP contribution in [-0.2, 0) is 4.79 Å². The van der Waals surface area contributed by atoms with Gasteiger partial charge in [-0.3, -0.25) is 4.79 Å². The summed E-state index contributed by atoms with van der Waals surface area (Å²) in [5.74, 6) is 2.30. The van der Waals surface area contributed by atoms with Crippen LogP contribution >= 0.6 is 0 Å². The molecular formula is C12H21N3O. The van der Waals surface area contributed by atoms with Crippen LogP contribution in [0.4, 0.5) is 0 Å². The standard InChI is InChI=1S/C12H21N3O/c16-12(11-7-14-8-11)15-3-1-9-5-13-6-10(9)2-4-15/h9-11,13-14H,1-8H2/t9-,10+. The highest BCUT2D eigenvalue weighted by atomic mass is 16.2. The molecule has 0 aromatic carbocycles. The molecule has 3 fully saturated rings. The third-order valence-corrected chi connectivity index (χ3v) is 4.46. The molecule has 1 amide bonds. The van der Waals surface area contributed by atoms with Crippen LogP contribution in [0.15, 0.2) is 0 Å². The smallest absolute Gasteiger partial charge is 0.228 e. The molecule has 16 heavy (non-hydrogen) atoms. The normalized spacial score (nSPS) is 35.4. The number of nitrogens with zero attached hydrogens (tertiary/aromatic N) is 1. The van der Waals surface area contributed by atoms with Gasteiger partial charge in [0.2, 0.25) is 5.91 Å². The minimum atomic E-state index is 0.274. The lowest BCUT2D eigenvalue weighted by atomic mass is 9.92. The summed E-state index contributed by atoms with van der Waals surface area (Å²) < 4.78 is 0. The highest BCUT2D eigenvalue weighted by molar-refractivity contribution is 5.80. The topological polar surface area (TPSA) is 44.4 Å². The van der Waals surface area contributed by atoms with Crippen molar-refractivity contribution in [3.05, 3.63) is 0 Å². The average Bonchev–Trinajstić information content (AvgIpc) is 2.55. The molecule has 0 spiro atoms. The number of nitrogens with one attached hydrogen (secondary N) is 2. The van der Waals surface area contributed by atoms with E-state index < -0.39 is 0 Å². The monoisotopic (exact) mass is 223 g/mol. The molecule has 0 aromatic heterocycles. The Bertz CT molecular complexity index is 263. The van der Waals surface area contributed by atoms with Crippen molar-refractivity contribution < 1.29 is 4.79 Å². The fourth-order valence-corrected chi connectivity index (χ4v) is 3.16. The van der Waals surface area contributed by atoms with Gasteiger partial charge in [0, 0.05) is 26.2 Å². The summed E-state index contributed by atoms with van der Waals surface area (Å²) in [5.41, 5.74) is 0. The van der Waals surface area contributed by atoms with Gasteiger partial charge in [0.1, 0.15) is 0 Å². The zero-order valence-electron chi connectivity index (χ0n) is 9.74. The van der Waals surface area contributed by atoms with Crippen molar-refractivity contribution in [1.82, 2.24) is 15.5 Å². The summed E-state index contributed by atoms with van der Waals surface area (Å²) in [7, 11) is 0. The van der Waals surface area contributed by atoms with Crippen LogP contribution in [0.25, 0.3) is 0 Å². The molecule has 4 heteroatoms. The van der Waals surface area contributed by atoms with E-state index in [1.54, 1.807) is 0 Å². The lowest BCUT2D eigenvalue weighted by Crippen LogP contribution is -2.52. The third kappa shape index (κ3) is 1.84. The minimum absolute atomic E-state index is 0.274. The van der Waals surface area contributed by atoms with Gasteiger partial charge in [-0.05, 0) is 37.8 Å².